The minimum Gasteiger partial charge on any atom is -0.330 e. The number of nitrogens with two attached hydrogens (primary N) is 1. The van der Waals surface area contributed by atoms with Gasteiger partial charge in [-0.15, -0.1) is 0 Å². The lowest BCUT2D eigenvalue weighted by atomic mass is 9.77. The molecule has 0 aromatic heterocycles. The second-order valence-corrected chi connectivity index (χ2v) is 4.92. The summed E-state index contributed by atoms with van der Waals surface area (Å²) in [5.74, 6) is 0. The lowest BCUT2D eigenvalue weighted by Crippen LogP contribution is -2.32. The Labute approximate surface area is 101 Å². The maximum Gasteiger partial charge on any atom is 0.276 e. The van der Waals surface area contributed by atoms with Gasteiger partial charge in [-0.3, -0.25) is 10.1 Å². The summed E-state index contributed by atoms with van der Waals surface area (Å²) in [6.07, 6.45) is 4.16. The fourth-order valence-corrected chi connectivity index (χ4v) is 2.96. The molecule has 92 valence electrons. The zero-order chi connectivity index (χ0) is 12.5. The van der Waals surface area contributed by atoms with Gasteiger partial charge < -0.3 is 5.73 Å². The first-order valence-corrected chi connectivity index (χ1v) is 6.05. The third kappa shape index (κ3) is 1.93. The second-order valence-electron chi connectivity index (χ2n) is 4.92. The normalized spacial score (nSPS) is 18.2. The van der Waals surface area contributed by atoms with Gasteiger partial charge >= 0.3 is 0 Å². The van der Waals surface area contributed by atoms with Gasteiger partial charge in [0.1, 0.15) is 0 Å². The van der Waals surface area contributed by atoms with Gasteiger partial charge in [-0.1, -0.05) is 31.0 Å². The van der Waals surface area contributed by atoms with Gasteiger partial charge in [0.15, 0.2) is 0 Å². The monoisotopic (exact) mass is 234 g/mol. The molecule has 4 heteroatoms. The summed E-state index contributed by atoms with van der Waals surface area (Å²) in [5, 5.41) is 11.2. The van der Waals surface area contributed by atoms with Gasteiger partial charge in [0.2, 0.25) is 0 Å². The predicted molar refractivity (Wildman–Crippen MR) is 67.0 cm³/mol. The topological polar surface area (TPSA) is 69.2 Å². The number of hydrogen-bond acceptors (Lipinski definition) is 3. The average molecular weight is 234 g/mol. The average Bonchev–Trinajstić information content (AvgIpc) is 2.77. The van der Waals surface area contributed by atoms with Crippen LogP contribution in [-0.2, 0) is 5.41 Å². The Hall–Kier alpha value is -1.42. The molecule has 2 N–H and O–H groups in total. The van der Waals surface area contributed by atoms with Crippen LogP contribution in [0, 0.1) is 17.0 Å². The first-order valence-electron chi connectivity index (χ1n) is 6.05. The highest BCUT2D eigenvalue weighted by atomic mass is 16.6. The highest BCUT2D eigenvalue weighted by Crippen LogP contribution is 2.44. The van der Waals surface area contributed by atoms with Crippen LogP contribution in [0.2, 0.25) is 0 Å². The predicted octanol–water partition coefficient (Wildman–Crippen LogP) is 2.67. The molecule has 0 saturated heterocycles. The molecule has 1 fully saturated rings. The van der Waals surface area contributed by atoms with Crippen LogP contribution >= 0.6 is 0 Å². The molecule has 0 atom stereocenters. The molecule has 1 aliphatic rings. The molecule has 1 saturated carbocycles. The van der Waals surface area contributed by atoms with Crippen molar-refractivity contribution < 1.29 is 4.92 Å². The van der Waals surface area contributed by atoms with E-state index in [0.29, 0.717) is 6.54 Å². The van der Waals surface area contributed by atoms with Crippen LogP contribution in [0.4, 0.5) is 5.69 Å². The standard InChI is InChI=1S/C13H18N2O2/c1-10-5-4-6-11(12(10)15(16)17)13(9-14)7-2-3-8-13/h4-6H,2-3,7-9,14H2,1H3. The van der Waals surface area contributed by atoms with Crippen LogP contribution in [0.15, 0.2) is 18.2 Å². The van der Waals surface area contributed by atoms with Gasteiger partial charge in [-0.05, 0) is 19.8 Å². The van der Waals surface area contributed by atoms with E-state index in [1.807, 2.05) is 12.1 Å². The maximum atomic E-state index is 11.2. The Morgan fingerprint density at radius 1 is 1.41 bits per heavy atom. The number of benzene rings is 1. The number of rotatable bonds is 3. The highest BCUT2D eigenvalue weighted by molar-refractivity contribution is 5.51. The zero-order valence-electron chi connectivity index (χ0n) is 10.1. The fourth-order valence-electron chi connectivity index (χ4n) is 2.96. The van der Waals surface area contributed by atoms with Crippen LogP contribution in [0.25, 0.3) is 0 Å². The Morgan fingerprint density at radius 2 is 2.06 bits per heavy atom. The fraction of sp³-hybridized carbons (Fsp3) is 0.538. The molecule has 1 aromatic rings. The maximum absolute atomic E-state index is 11.2. The van der Waals surface area contributed by atoms with Gasteiger partial charge in [-0.25, -0.2) is 0 Å². The number of nitro benzene ring substituents is 1. The Balaban J connectivity index is 2.58. The molecule has 0 unspecified atom stereocenters. The Kier molecular flexibility index (Phi) is 3.15. The SMILES string of the molecule is Cc1cccc(C2(CN)CCCC2)c1[N+](=O)[O-]. The zero-order valence-corrected chi connectivity index (χ0v) is 10.1. The number of para-hydroxylation sites is 1. The van der Waals surface area contributed by atoms with Crippen molar-refractivity contribution in [2.45, 2.75) is 38.0 Å². The number of aryl methyl sites for hydroxylation is 1. The minimum absolute atomic E-state index is 0.172. The van der Waals surface area contributed by atoms with Crippen molar-refractivity contribution in [1.29, 1.82) is 0 Å². The molecule has 1 aliphatic carbocycles. The van der Waals surface area contributed by atoms with E-state index in [0.717, 1.165) is 36.8 Å². The second kappa shape index (κ2) is 4.45. The summed E-state index contributed by atoms with van der Waals surface area (Å²) in [6, 6.07) is 5.57. The van der Waals surface area contributed by atoms with E-state index in [9.17, 15) is 10.1 Å². The largest absolute Gasteiger partial charge is 0.330 e. The van der Waals surface area contributed by atoms with Crippen molar-refractivity contribution in [1.82, 2.24) is 0 Å². The molecule has 1 aromatic carbocycles. The smallest absolute Gasteiger partial charge is 0.276 e. The Morgan fingerprint density at radius 3 is 2.59 bits per heavy atom. The van der Waals surface area contributed by atoms with E-state index in [1.54, 1.807) is 13.0 Å². The van der Waals surface area contributed by atoms with Crippen LogP contribution in [-0.4, -0.2) is 11.5 Å². The Bertz CT molecular complexity index is 437. The molecule has 0 spiro atoms. The van der Waals surface area contributed by atoms with E-state index in [4.69, 9.17) is 5.73 Å². The molecular weight excluding hydrogens is 216 g/mol. The van der Waals surface area contributed by atoms with Crippen LogP contribution in [0.5, 0.6) is 0 Å². The van der Waals surface area contributed by atoms with Crippen LogP contribution in [0.3, 0.4) is 0 Å². The summed E-state index contributed by atoms with van der Waals surface area (Å²) in [4.78, 5) is 11.0. The van der Waals surface area contributed by atoms with Crippen molar-refractivity contribution in [3.8, 4) is 0 Å². The van der Waals surface area contributed by atoms with Crippen LogP contribution < -0.4 is 5.73 Å². The lowest BCUT2D eigenvalue weighted by molar-refractivity contribution is -0.386. The number of nitro groups is 1. The first-order chi connectivity index (χ1) is 8.10. The third-order valence-electron chi connectivity index (χ3n) is 3.94. The molecule has 0 heterocycles. The summed E-state index contributed by atoms with van der Waals surface area (Å²) in [7, 11) is 0. The summed E-state index contributed by atoms with van der Waals surface area (Å²) in [6.45, 7) is 2.29. The molecule has 0 radical (unpaired) electrons. The van der Waals surface area contributed by atoms with Gasteiger partial charge in [-0.2, -0.15) is 0 Å². The van der Waals surface area contributed by atoms with Crippen molar-refractivity contribution in [3.63, 3.8) is 0 Å². The van der Waals surface area contributed by atoms with Crippen molar-refractivity contribution in [2.75, 3.05) is 6.54 Å². The summed E-state index contributed by atoms with van der Waals surface area (Å²) < 4.78 is 0. The quantitative estimate of drug-likeness (QED) is 0.645. The van der Waals surface area contributed by atoms with E-state index < -0.39 is 0 Å². The molecule has 2 rings (SSSR count). The van der Waals surface area contributed by atoms with Gasteiger partial charge in [0.25, 0.3) is 5.69 Å². The lowest BCUT2D eigenvalue weighted by Gasteiger charge is -2.27. The summed E-state index contributed by atoms with van der Waals surface area (Å²) >= 11 is 0. The van der Waals surface area contributed by atoms with Crippen molar-refractivity contribution in [2.24, 2.45) is 5.73 Å². The molecule has 0 bridgehead atoms. The molecule has 4 nitrogen and oxygen atoms in total. The van der Waals surface area contributed by atoms with E-state index in [2.05, 4.69) is 0 Å². The number of nitrogens with zero attached hydrogens (tertiary/aromatic N) is 1. The molecule has 17 heavy (non-hydrogen) atoms. The van der Waals surface area contributed by atoms with E-state index >= 15 is 0 Å². The first kappa shape index (κ1) is 12.0. The van der Waals surface area contributed by atoms with Crippen molar-refractivity contribution >= 4 is 5.69 Å². The summed E-state index contributed by atoms with van der Waals surface area (Å²) in [5.41, 5.74) is 7.55. The van der Waals surface area contributed by atoms with Gasteiger partial charge in [0.05, 0.1) is 4.92 Å². The molecule has 0 aliphatic heterocycles. The van der Waals surface area contributed by atoms with E-state index in [1.165, 1.54) is 0 Å². The highest BCUT2D eigenvalue weighted by Gasteiger charge is 2.39. The van der Waals surface area contributed by atoms with Crippen molar-refractivity contribution in [3.05, 3.63) is 39.4 Å². The molecule has 0 amide bonds. The van der Waals surface area contributed by atoms with E-state index in [-0.39, 0.29) is 16.0 Å². The molecular formula is C13H18N2O2. The number of hydrogen-bond donors (Lipinski definition) is 1. The van der Waals surface area contributed by atoms with Crippen LogP contribution in [0.1, 0.15) is 36.8 Å². The minimum atomic E-state index is -0.263. The van der Waals surface area contributed by atoms with Gasteiger partial charge in [0, 0.05) is 23.1 Å². The third-order valence-corrected chi connectivity index (χ3v) is 3.94.